The first-order valence-electron chi connectivity index (χ1n) is 16.9. The van der Waals surface area contributed by atoms with Gasteiger partial charge < -0.3 is 34.9 Å². The van der Waals surface area contributed by atoms with Crippen molar-refractivity contribution in [2.75, 3.05) is 69.0 Å². The van der Waals surface area contributed by atoms with Gasteiger partial charge in [0.2, 0.25) is 0 Å². The first kappa shape index (κ1) is 31.7. The van der Waals surface area contributed by atoms with Crippen LogP contribution in [0.4, 0.5) is 11.5 Å². The summed E-state index contributed by atoms with van der Waals surface area (Å²) in [5.41, 5.74) is 9.18. The number of hydrogen-bond acceptors (Lipinski definition) is 7. The van der Waals surface area contributed by atoms with Crippen LogP contribution in [0, 0.1) is 12.1 Å². The largest absolute Gasteiger partial charge is 0.629 e. The number of rotatable bonds is 8. The van der Waals surface area contributed by atoms with Gasteiger partial charge in [0.1, 0.15) is 18.1 Å². The zero-order valence-electron chi connectivity index (χ0n) is 27.3. The van der Waals surface area contributed by atoms with Crippen molar-refractivity contribution >= 4 is 17.4 Å². The van der Waals surface area contributed by atoms with E-state index in [0.29, 0.717) is 31.4 Å². The van der Waals surface area contributed by atoms with Crippen LogP contribution in [0.2, 0.25) is 0 Å². The van der Waals surface area contributed by atoms with E-state index in [4.69, 9.17) is 14.5 Å². The van der Waals surface area contributed by atoms with Crippen LogP contribution in [0.3, 0.4) is 0 Å². The van der Waals surface area contributed by atoms with Crippen molar-refractivity contribution in [1.82, 2.24) is 10.3 Å². The number of carbonyl (C=O) groups is 1. The lowest BCUT2D eigenvalue weighted by Gasteiger charge is -2.37. The molecule has 3 aliphatic heterocycles. The number of quaternary nitrogens is 1. The fourth-order valence-electron chi connectivity index (χ4n) is 7.54. The Morgan fingerprint density at radius 3 is 2.47 bits per heavy atom. The maximum absolute atomic E-state index is 14.1. The molecule has 1 aromatic carbocycles. The number of hydroxylamine groups is 2. The quantitative estimate of drug-likeness (QED) is 0.421. The number of allylic oxidation sites excluding steroid dienone is 2. The molecule has 0 bridgehead atoms. The molecule has 9 nitrogen and oxygen atoms in total. The topological polar surface area (TPSA) is 94.4 Å². The number of ether oxygens (including phenoxy) is 2. The molecular weight excluding hydrogens is 566 g/mol. The molecule has 1 amide bonds. The third-order valence-corrected chi connectivity index (χ3v) is 10.1. The minimum absolute atomic E-state index is 0.140. The van der Waals surface area contributed by atoms with Crippen LogP contribution < -0.4 is 20.2 Å². The maximum atomic E-state index is 14.1. The van der Waals surface area contributed by atoms with Gasteiger partial charge in [-0.05, 0) is 106 Å². The Morgan fingerprint density at radius 2 is 1.76 bits per heavy atom. The van der Waals surface area contributed by atoms with E-state index in [2.05, 4.69) is 54.1 Å². The number of pyridine rings is 1. The summed E-state index contributed by atoms with van der Waals surface area (Å²) >= 11 is 0. The van der Waals surface area contributed by atoms with E-state index in [-0.39, 0.29) is 17.5 Å². The van der Waals surface area contributed by atoms with Crippen molar-refractivity contribution in [3.05, 3.63) is 69.2 Å². The van der Waals surface area contributed by atoms with E-state index >= 15 is 0 Å². The van der Waals surface area contributed by atoms with Crippen LogP contribution in [0.25, 0.3) is 11.1 Å². The molecule has 1 aromatic heterocycles. The summed E-state index contributed by atoms with van der Waals surface area (Å²) in [4.78, 5) is 23.6. The third-order valence-electron chi connectivity index (χ3n) is 10.1. The predicted molar refractivity (Wildman–Crippen MR) is 179 cm³/mol. The van der Waals surface area contributed by atoms with Crippen LogP contribution >= 0.6 is 0 Å². The second kappa shape index (κ2) is 14.5. The van der Waals surface area contributed by atoms with Crippen LogP contribution in [-0.2, 0) is 9.47 Å². The molecule has 2 aromatic rings. The highest BCUT2D eigenvalue weighted by molar-refractivity contribution is 5.99. The smallest absolute Gasteiger partial charge is 0.252 e. The number of carbonyl (C=O) groups excluding carboxylic acids is 1. The molecule has 9 heteroatoms. The maximum Gasteiger partial charge on any atom is 0.252 e. The summed E-state index contributed by atoms with van der Waals surface area (Å²) in [6.07, 6.45) is 9.25. The Labute approximate surface area is 267 Å². The first-order chi connectivity index (χ1) is 21.9. The van der Waals surface area contributed by atoms with Gasteiger partial charge in [0.25, 0.3) is 5.91 Å². The van der Waals surface area contributed by atoms with Crippen molar-refractivity contribution < 1.29 is 19.3 Å². The summed E-state index contributed by atoms with van der Waals surface area (Å²) in [7, 11) is 0. The molecule has 0 spiro atoms. The highest BCUT2D eigenvalue weighted by Gasteiger charge is 2.28. The number of benzene rings is 1. The van der Waals surface area contributed by atoms with Gasteiger partial charge in [-0.15, -0.1) is 0 Å². The zero-order chi connectivity index (χ0) is 31.3. The number of nitrogens with zero attached hydrogens (tertiary/aromatic N) is 3. The van der Waals surface area contributed by atoms with Crippen molar-refractivity contribution in [2.45, 2.75) is 71.8 Å². The summed E-state index contributed by atoms with van der Waals surface area (Å²) in [6, 6.07) is 8.74. The number of fused-ring (bicyclic) bond motifs is 1. The molecule has 3 fully saturated rings. The van der Waals surface area contributed by atoms with Crippen molar-refractivity contribution in [3.8, 4) is 11.1 Å². The number of amides is 1. The predicted octanol–water partition coefficient (Wildman–Crippen LogP) is 4.56. The van der Waals surface area contributed by atoms with Gasteiger partial charge in [0, 0.05) is 67.5 Å². The lowest BCUT2D eigenvalue weighted by Crippen LogP contribution is -3.07. The molecule has 1 atom stereocenters. The zero-order valence-corrected chi connectivity index (χ0v) is 27.3. The highest BCUT2D eigenvalue weighted by atomic mass is 16.5. The molecule has 2 N–H and O–H groups in total. The van der Waals surface area contributed by atoms with Crippen LogP contribution in [0.1, 0.15) is 74.7 Å². The van der Waals surface area contributed by atoms with E-state index in [9.17, 15) is 10.0 Å². The van der Waals surface area contributed by atoms with Crippen LogP contribution in [0.5, 0.6) is 0 Å². The van der Waals surface area contributed by atoms with E-state index in [1.807, 2.05) is 12.3 Å². The van der Waals surface area contributed by atoms with Crippen molar-refractivity contribution in [1.29, 1.82) is 0 Å². The standard InChI is InChI=1S/C36H49N5O4/c1-4-40(29-12-16-44-17-13-29)33-21-28(27-10-11-35(37-22-27)39-14-18-45-19-15-39)20-32(26(33)3)36(42)38-23-34-31-9-7-5-6-8-30(31)25(2)24-41(34)43/h10-11,20-22,29,41H,4-9,12-19,23-24H2,1-3H3,(H,38,42). The Kier molecular flexibility index (Phi) is 10.2. The Hall–Kier alpha value is -3.24. The van der Waals surface area contributed by atoms with Gasteiger partial charge in [-0.2, -0.15) is 0 Å². The van der Waals surface area contributed by atoms with Crippen molar-refractivity contribution in [3.63, 3.8) is 0 Å². The molecule has 6 rings (SSSR count). The summed E-state index contributed by atoms with van der Waals surface area (Å²) < 4.78 is 11.2. The number of aromatic nitrogens is 1. The van der Waals surface area contributed by atoms with E-state index in [1.165, 1.54) is 29.6 Å². The number of hydrogen-bond donors (Lipinski definition) is 2. The van der Waals surface area contributed by atoms with Gasteiger partial charge in [-0.25, -0.2) is 4.98 Å². The molecule has 1 unspecified atom stereocenters. The minimum atomic E-state index is -0.140. The molecule has 4 heterocycles. The SMILES string of the molecule is CCN(c1cc(-c2ccc(N3CCOCC3)nc2)cc(C(=O)NCC2=C3CCCCCC3=C(C)C[NH+]2[O-])c1C)C1CCOCC1. The fraction of sp³-hybridized carbons (Fsp3) is 0.556. The Balaban J connectivity index is 1.33. The lowest BCUT2D eigenvalue weighted by molar-refractivity contribution is -0.802. The van der Waals surface area contributed by atoms with Crippen LogP contribution in [0.15, 0.2) is 52.9 Å². The molecule has 4 aliphatic rings. The summed E-state index contributed by atoms with van der Waals surface area (Å²) in [6.45, 7) is 12.5. The average molecular weight is 616 g/mol. The average Bonchev–Trinajstić information content (AvgIpc) is 3.33. The second-order valence-corrected chi connectivity index (χ2v) is 12.9. The van der Waals surface area contributed by atoms with E-state index in [0.717, 1.165) is 98.8 Å². The van der Waals surface area contributed by atoms with Gasteiger partial charge in [0.05, 0.1) is 19.8 Å². The van der Waals surface area contributed by atoms with E-state index < -0.39 is 0 Å². The molecule has 2 saturated heterocycles. The summed E-state index contributed by atoms with van der Waals surface area (Å²) in [5.74, 6) is 0.803. The first-order valence-corrected chi connectivity index (χ1v) is 16.9. The number of nitrogens with one attached hydrogen (secondary N) is 2. The minimum Gasteiger partial charge on any atom is -0.629 e. The Bertz CT molecular complexity index is 1420. The second-order valence-electron chi connectivity index (χ2n) is 12.9. The highest BCUT2D eigenvalue weighted by Crippen LogP contribution is 2.35. The monoisotopic (exact) mass is 615 g/mol. The normalized spacial score (nSPS) is 21.4. The van der Waals surface area contributed by atoms with Gasteiger partial charge in [-0.1, -0.05) is 6.42 Å². The molecular formula is C36H49N5O4. The Morgan fingerprint density at radius 1 is 1.02 bits per heavy atom. The van der Waals surface area contributed by atoms with Gasteiger partial charge in [-0.3, -0.25) is 4.79 Å². The van der Waals surface area contributed by atoms with Crippen LogP contribution in [-0.4, -0.2) is 76.1 Å². The molecule has 1 aliphatic carbocycles. The number of anilines is 2. The van der Waals surface area contributed by atoms with E-state index in [1.54, 1.807) is 0 Å². The molecule has 1 saturated carbocycles. The lowest BCUT2D eigenvalue weighted by atomic mass is 9.91. The van der Waals surface area contributed by atoms with Gasteiger partial charge in [0.15, 0.2) is 0 Å². The van der Waals surface area contributed by atoms with Crippen molar-refractivity contribution in [2.24, 2.45) is 0 Å². The molecule has 45 heavy (non-hydrogen) atoms. The molecule has 0 radical (unpaired) electrons. The third kappa shape index (κ3) is 6.97. The van der Waals surface area contributed by atoms with Gasteiger partial charge >= 0.3 is 0 Å². The number of morpholine rings is 1. The summed E-state index contributed by atoms with van der Waals surface area (Å²) in [5, 5.41) is 16.6. The fourth-order valence-corrected chi connectivity index (χ4v) is 7.54. The molecule has 242 valence electrons.